The van der Waals surface area contributed by atoms with Gasteiger partial charge in [-0.2, -0.15) is 42.0 Å². The third-order valence-electron chi connectivity index (χ3n) is 17.0. The molecule has 4 aliphatic rings. The number of esters is 6. The number of nitrogens with zero attached hydrogens (tertiary/aromatic N) is 9. The highest BCUT2D eigenvalue weighted by molar-refractivity contribution is 7.88. The number of H-pyrrole nitrogens is 1. The van der Waals surface area contributed by atoms with Gasteiger partial charge in [0, 0.05) is 59.8 Å². The molecule has 28 nitrogen and oxygen atoms in total. The lowest BCUT2D eigenvalue weighted by Crippen LogP contribution is -2.28. The van der Waals surface area contributed by atoms with Crippen LogP contribution in [0.15, 0.2) is 40.8 Å². The minimum atomic E-state index is -5.97. The molecule has 0 aromatic carbocycles. The summed E-state index contributed by atoms with van der Waals surface area (Å²) in [6, 6.07) is 6.18. The number of nitrogen functional groups attached to an aromatic ring is 1. The van der Waals surface area contributed by atoms with Gasteiger partial charge >= 0.3 is 51.4 Å². The fraction of sp³-hybridized carbons (Fsp3) is 0.616. The quantitative estimate of drug-likeness (QED) is 0.0137. The molecule has 32 heteroatoms. The summed E-state index contributed by atoms with van der Waals surface area (Å²) in [5.74, 6) is 2.11. The number of alkyl halides is 3. The van der Waals surface area contributed by atoms with E-state index in [0.29, 0.717) is 40.3 Å². The van der Waals surface area contributed by atoms with Crippen LogP contribution in [0, 0.1) is 11.8 Å². The molecular weight excluding hydrogens is 1390 g/mol. The first kappa shape index (κ1) is 84.7. The molecule has 6 heterocycles. The molecule has 578 valence electrons. The first-order valence-electron chi connectivity index (χ1n) is 35.6. The van der Waals surface area contributed by atoms with E-state index in [0.717, 1.165) is 74.3 Å². The van der Waals surface area contributed by atoms with E-state index in [1.54, 1.807) is 62.3 Å². The van der Waals surface area contributed by atoms with Crippen molar-refractivity contribution in [1.29, 1.82) is 0 Å². The second-order valence-electron chi connectivity index (χ2n) is 29.3. The van der Waals surface area contributed by atoms with E-state index in [1.165, 1.54) is 48.5 Å². The van der Waals surface area contributed by atoms with Gasteiger partial charge in [-0.15, -0.1) is 0 Å². The van der Waals surface area contributed by atoms with Crippen LogP contribution in [-0.4, -0.2) is 138 Å². The smallest absolute Gasteiger partial charge is 0.463 e. The Morgan fingerprint density at radius 2 is 1.00 bits per heavy atom. The molecular formula is C73H103F3N12O16S. The van der Waals surface area contributed by atoms with Crippen molar-refractivity contribution in [1.82, 2.24) is 49.1 Å². The highest BCUT2D eigenvalue weighted by atomic mass is 32.2. The minimum absolute atomic E-state index is 0.00144. The van der Waals surface area contributed by atoms with Crippen LogP contribution in [0.4, 0.5) is 24.8 Å². The Balaban J connectivity index is 0.000000213. The topological polar surface area (TPSA) is 356 Å². The molecule has 0 saturated heterocycles. The Labute approximate surface area is 610 Å². The standard InChI is InChI=1S/C19H29N3O4.C18H22F3N3O5S.C17H23N3O3.C11H19N3.C8H10O4/c1-6-25-17(23)12-15(18(24)26-7-2)20-16-11-14(13-9-8-10-13)21-22(16)19(3,4)5;1-5-28-16(25)11-9-12(29-30(26,27)18(19,20)21)13-14(10-7-6-8-10)23-24(15(13)22-11)17(2,3)4;1-5-23-16(22)11-9-12(21)13-14(10-7-6-8-10)19-20(15(13)18-11)17(2,3)4;1-11(2,3)14-10(12)7-9(13-14)8-5-4-6-8;1-3-11-7(9)5-6-8(10)12-4-2/h11-13,20H,6-10H2,1-5H3;9-10H,5-8H2,1-4H3;9-10H,5-8H2,1-4H3,(H,18,21);7-8H,4-6,12H2,1-3H3;3-4H2,1-2H3. The molecule has 0 spiro atoms. The first-order chi connectivity index (χ1) is 49.0. The van der Waals surface area contributed by atoms with E-state index < -0.39 is 62.7 Å². The molecule has 0 unspecified atom stereocenters. The number of halogens is 3. The van der Waals surface area contributed by atoms with Gasteiger partial charge in [-0.25, -0.2) is 52.5 Å². The number of ether oxygens (including phenoxy) is 6. The number of rotatable bonds is 18. The molecule has 6 aromatic rings. The molecule has 4 saturated carbocycles. The Bertz CT molecular complexity index is 4320. The average molecular weight is 1490 g/mol. The number of aromatic amines is 1. The number of carbonyl (C=O) groups excluding carboxylic acids is 6. The lowest BCUT2D eigenvalue weighted by Gasteiger charge is -2.24. The summed E-state index contributed by atoms with van der Waals surface area (Å²) in [5, 5.41) is 22.3. The normalized spacial score (nSPS) is 15.1. The largest absolute Gasteiger partial charge is 0.534 e. The second kappa shape index (κ2) is 35.7. The van der Waals surface area contributed by atoms with Gasteiger partial charge in [-0.05, 0) is 176 Å². The number of carbonyl (C=O) groups is 6. The fourth-order valence-electron chi connectivity index (χ4n) is 11.0. The summed E-state index contributed by atoms with van der Waals surface area (Å²) in [4.78, 5) is 89.4. The predicted octanol–water partition coefficient (Wildman–Crippen LogP) is 12.7. The van der Waals surface area contributed by atoms with E-state index in [-0.39, 0.29) is 95.7 Å². The molecule has 105 heavy (non-hydrogen) atoms. The maximum atomic E-state index is 13.0. The summed E-state index contributed by atoms with van der Waals surface area (Å²) in [6.07, 6.45) is 14.2. The molecule has 10 rings (SSSR count). The van der Waals surface area contributed by atoms with E-state index in [4.69, 9.17) is 34.9 Å². The highest BCUT2D eigenvalue weighted by Crippen LogP contribution is 2.45. The number of aromatic nitrogens is 10. The zero-order valence-electron chi connectivity index (χ0n) is 63.6. The summed E-state index contributed by atoms with van der Waals surface area (Å²) < 4.78 is 103. The van der Waals surface area contributed by atoms with E-state index in [1.807, 2.05) is 79.6 Å². The number of nitrogens with two attached hydrogens (primary N) is 1. The van der Waals surface area contributed by atoms with Crippen molar-refractivity contribution in [2.75, 3.05) is 50.7 Å². The Kier molecular flexibility index (Phi) is 28.8. The molecule has 0 amide bonds. The van der Waals surface area contributed by atoms with Crippen LogP contribution in [0.3, 0.4) is 0 Å². The van der Waals surface area contributed by atoms with Gasteiger partial charge in [-0.3, -0.25) is 4.79 Å². The van der Waals surface area contributed by atoms with Gasteiger partial charge in [-0.1, -0.05) is 25.7 Å². The zero-order valence-corrected chi connectivity index (χ0v) is 64.4. The van der Waals surface area contributed by atoms with Crippen molar-refractivity contribution >= 4 is 79.6 Å². The summed E-state index contributed by atoms with van der Waals surface area (Å²) >= 11 is 0. The van der Waals surface area contributed by atoms with Gasteiger partial charge in [0.25, 0.3) is 0 Å². The van der Waals surface area contributed by atoms with Crippen LogP contribution in [0.2, 0.25) is 0 Å². The van der Waals surface area contributed by atoms with Gasteiger partial charge in [0.2, 0.25) is 0 Å². The van der Waals surface area contributed by atoms with Gasteiger partial charge in [0.05, 0.1) is 101 Å². The number of fused-ring (bicyclic) bond motifs is 2. The number of hydrogen-bond donors (Lipinski definition) is 3. The SMILES string of the molecule is CC(C)(C)n1nc(C2CCC2)cc1N.CCOC(=O)C#CC(=O)OCC.CCOC(=O)C=C(Nc1cc(C2CCC2)nn1C(C)(C)C)C(=O)OCC.CCOC(=O)c1cc(=O)c2c(C3CCC3)nn(C(C)(C)C)c2[nH]1.CCOC(=O)c1cc(OS(=O)(=O)C(F)(F)F)c2c(C3CCC3)nn(C(C)(C)C)c2n1. The van der Waals surface area contributed by atoms with Crippen LogP contribution in [-0.2, 0) is 79.9 Å². The molecule has 4 fully saturated rings. The third-order valence-corrected chi connectivity index (χ3v) is 17.9. The van der Waals surface area contributed by atoms with E-state index in [9.17, 15) is 55.2 Å². The monoisotopic (exact) mass is 1490 g/mol. The average Bonchev–Trinajstić information content (AvgIpc) is 1.61. The molecule has 0 aliphatic heterocycles. The predicted molar refractivity (Wildman–Crippen MR) is 387 cm³/mol. The van der Waals surface area contributed by atoms with Crippen molar-refractivity contribution in [3.8, 4) is 17.6 Å². The lowest BCUT2D eigenvalue weighted by atomic mass is 9.82. The molecule has 0 bridgehead atoms. The second-order valence-corrected chi connectivity index (χ2v) is 30.8. The van der Waals surface area contributed by atoms with E-state index >= 15 is 0 Å². The number of nitrogens with one attached hydrogen (secondary N) is 2. The maximum Gasteiger partial charge on any atom is 0.534 e. The van der Waals surface area contributed by atoms with Gasteiger partial charge in [0.1, 0.15) is 28.7 Å². The summed E-state index contributed by atoms with van der Waals surface area (Å²) in [6.45, 7) is 35.2. The Hall–Kier alpha value is -9.28. The first-order valence-corrected chi connectivity index (χ1v) is 37.0. The van der Waals surface area contributed by atoms with Crippen molar-refractivity contribution in [2.24, 2.45) is 0 Å². The van der Waals surface area contributed by atoms with Crippen molar-refractivity contribution in [3.05, 3.63) is 80.4 Å². The summed E-state index contributed by atoms with van der Waals surface area (Å²) in [5.41, 5.74) is 2.86. The number of hydrogen-bond acceptors (Lipinski definition) is 23. The molecule has 0 radical (unpaired) electrons. The zero-order chi connectivity index (χ0) is 78.3. The van der Waals surface area contributed by atoms with Crippen LogP contribution in [0.5, 0.6) is 5.75 Å². The van der Waals surface area contributed by atoms with Crippen molar-refractivity contribution < 1.29 is 83.0 Å². The molecule has 0 atom stereocenters. The minimum Gasteiger partial charge on any atom is -0.463 e. The van der Waals surface area contributed by atoms with Crippen molar-refractivity contribution in [2.45, 2.75) is 253 Å². The van der Waals surface area contributed by atoms with Gasteiger partial charge < -0.3 is 48.6 Å². The fourth-order valence-corrected chi connectivity index (χ4v) is 11.5. The van der Waals surface area contributed by atoms with Crippen molar-refractivity contribution in [3.63, 3.8) is 0 Å². The van der Waals surface area contributed by atoms with Crippen LogP contribution >= 0.6 is 0 Å². The lowest BCUT2D eigenvalue weighted by molar-refractivity contribution is -0.140. The molecule has 6 aromatic heterocycles. The maximum absolute atomic E-state index is 13.0. The van der Waals surface area contributed by atoms with Crippen LogP contribution in [0.25, 0.3) is 22.1 Å². The Morgan fingerprint density at radius 1 is 0.562 bits per heavy atom. The Morgan fingerprint density at radius 3 is 1.43 bits per heavy atom. The molecule has 4 N–H and O–H groups in total. The van der Waals surface area contributed by atoms with Crippen LogP contribution in [0.1, 0.15) is 269 Å². The van der Waals surface area contributed by atoms with E-state index in [2.05, 4.69) is 59.9 Å². The van der Waals surface area contributed by atoms with Gasteiger partial charge in [0.15, 0.2) is 22.5 Å². The number of pyridine rings is 2. The van der Waals surface area contributed by atoms with Crippen LogP contribution < -0.4 is 20.7 Å². The number of anilines is 2. The highest BCUT2D eigenvalue weighted by Gasteiger charge is 2.49. The molecule has 4 aliphatic carbocycles. The summed E-state index contributed by atoms with van der Waals surface area (Å²) in [7, 11) is -5.97. The third kappa shape index (κ3) is 22.2.